The van der Waals surface area contributed by atoms with E-state index in [0.29, 0.717) is 0 Å². The molecule has 0 aromatic heterocycles. The Morgan fingerprint density at radius 2 is 1.10 bits per heavy atom. The molecule has 0 saturated heterocycles. The molecule has 0 spiro atoms. The van der Waals surface area contributed by atoms with E-state index in [9.17, 15) is 0 Å². The summed E-state index contributed by atoms with van der Waals surface area (Å²) in [6.07, 6.45) is 8.78. The molecule has 0 saturated carbocycles. The van der Waals surface area contributed by atoms with Crippen LogP contribution in [0.3, 0.4) is 0 Å². The summed E-state index contributed by atoms with van der Waals surface area (Å²) in [5.74, 6) is 0. The van der Waals surface area contributed by atoms with Crippen molar-refractivity contribution in [2.75, 3.05) is 18.0 Å². The molecule has 0 atom stereocenters. The van der Waals surface area contributed by atoms with Gasteiger partial charge < -0.3 is 4.90 Å². The number of anilines is 1. The summed E-state index contributed by atoms with van der Waals surface area (Å²) < 4.78 is 0. The lowest BCUT2D eigenvalue weighted by molar-refractivity contribution is 0.865. The van der Waals surface area contributed by atoms with E-state index in [1.54, 1.807) is 0 Å². The first-order chi connectivity index (χ1) is 14.5. The van der Waals surface area contributed by atoms with Gasteiger partial charge in [-0.3, -0.25) is 0 Å². The van der Waals surface area contributed by atoms with Gasteiger partial charge in [0.2, 0.25) is 0 Å². The monoisotopic (exact) mass is 395 g/mol. The van der Waals surface area contributed by atoms with Crippen LogP contribution in [-0.4, -0.2) is 13.1 Å². The van der Waals surface area contributed by atoms with Crippen molar-refractivity contribution in [3.05, 3.63) is 99.6 Å². The first-order valence-corrected chi connectivity index (χ1v) is 10.9. The number of nitrogens with zero attached hydrogens (tertiary/aromatic N) is 1. The van der Waals surface area contributed by atoms with Gasteiger partial charge in [-0.15, -0.1) is 0 Å². The summed E-state index contributed by atoms with van der Waals surface area (Å²) in [5.41, 5.74) is 10.2. The van der Waals surface area contributed by atoms with Gasteiger partial charge in [0.15, 0.2) is 0 Å². The summed E-state index contributed by atoms with van der Waals surface area (Å²) in [6.45, 7) is 13.0. The molecule has 30 heavy (non-hydrogen) atoms. The summed E-state index contributed by atoms with van der Waals surface area (Å²) in [6, 6.07) is 22.0. The Morgan fingerprint density at radius 3 is 1.57 bits per heavy atom. The summed E-state index contributed by atoms with van der Waals surface area (Å²) >= 11 is 0. The van der Waals surface area contributed by atoms with Crippen LogP contribution in [0.15, 0.2) is 60.7 Å². The first kappa shape index (κ1) is 21.6. The molecule has 0 heterocycles. The fourth-order valence-electron chi connectivity index (χ4n) is 3.74. The van der Waals surface area contributed by atoms with Gasteiger partial charge in [-0.2, -0.15) is 0 Å². The molecule has 0 fully saturated rings. The second-order valence-corrected chi connectivity index (χ2v) is 7.91. The van der Waals surface area contributed by atoms with Crippen molar-refractivity contribution in [1.82, 2.24) is 0 Å². The number of hydrogen-bond donors (Lipinski definition) is 0. The van der Waals surface area contributed by atoms with Gasteiger partial charge >= 0.3 is 0 Å². The predicted octanol–water partition coefficient (Wildman–Crippen LogP) is 7.80. The van der Waals surface area contributed by atoms with Gasteiger partial charge in [0.1, 0.15) is 0 Å². The smallest absolute Gasteiger partial charge is 0.0369 e. The fourth-order valence-corrected chi connectivity index (χ4v) is 3.74. The number of rotatable bonds is 7. The van der Waals surface area contributed by atoms with Gasteiger partial charge in [0.25, 0.3) is 0 Å². The van der Waals surface area contributed by atoms with Crippen LogP contribution in [0.1, 0.15) is 52.8 Å². The molecule has 0 amide bonds. The van der Waals surface area contributed by atoms with Crippen LogP contribution in [0, 0.1) is 20.8 Å². The summed E-state index contributed by atoms with van der Waals surface area (Å²) in [5, 5.41) is 0. The Balaban J connectivity index is 1.69. The molecule has 1 nitrogen and oxygen atoms in total. The van der Waals surface area contributed by atoms with Crippen LogP contribution in [-0.2, 0) is 0 Å². The van der Waals surface area contributed by atoms with Crippen molar-refractivity contribution in [3.8, 4) is 0 Å². The van der Waals surface area contributed by atoms with Crippen molar-refractivity contribution in [1.29, 1.82) is 0 Å². The Bertz CT molecular complexity index is 1030. The van der Waals surface area contributed by atoms with E-state index in [1.165, 1.54) is 44.6 Å². The number of aryl methyl sites for hydroxylation is 3. The minimum Gasteiger partial charge on any atom is -0.372 e. The largest absolute Gasteiger partial charge is 0.372 e. The maximum atomic E-state index is 2.38. The maximum Gasteiger partial charge on any atom is 0.0369 e. The van der Waals surface area contributed by atoms with E-state index in [4.69, 9.17) is 0 Å². The molecule has 0 aliphatic heterocycles. The normalized spacial score (nSPS) is 11.5. The molecule has 1 heteroatoms. The van der Waals surface area contributed by atoms with Gasteiger partial charge in [0, 0.05) is 18.8 Å². The van der Waals surface area contributed by atoms with Crippen molar-refractivity contribution < 1.29 is 0 Å². The molecule has 0 radical (unpaired) electrons. The Hall–Kier alpha value is -3.06. The average molecular weight is 396 g/mol. The summed E-state index contributed by atoms with van der Waals surface area (Å²) in [7, 11) is 0. The zero-order valence-corrected chi connectivity index (χ0v) is 18.9. The highest BCUT2D eigenvalue weighted by molar-refractivity contribution is 5.75. The average Bonchev–Trinajstić information content (AvgIpc) is 2.74. The van der Waals surface area contributed by atoms with Crippen molar-refractivity contribution >= 4 is 30.0 Å². The molecule has 0 aliphatic rings. The quantitative estimate of drug-likeness (QED) is 0.369. The van der Waals surface area contributed by atoms with Crippen LogP contribution in [0.5, 0.6) is 0 Å². The lowest BCUT2D eigenvalue weighted by Gasteiger charge is -2.21. The SMILES string of the molecule is CCN(CC)c1ccc(C=Cc2ccc(C=Cc3ccc(C)cc3C)cc2)c(C)c1. The zero-order chi connectivity index (χ0) is 21.5. The number of benzene rings is 3. The zero-order valence-electron chi connectivity index (χ0n) is 18.9. The highest BCUT2D eigenvalue weighted by Gasteiger charge is 2.03. The molecular weight excluding hydrogens is 362 g/mol. The Kier molecular flexibility index (Phi) is 7.30. The maximum absolute atomic E-state index is 2.38. The molecule has 0 unspecified atom stereocenters. The second-order valence-electron chi connectivity index (χ2n) is 7.91. The third-order valence-electron chi connectivity index (χ3n) is 5.65. The molecule has 154 valence electrons. The summed E-state index contributed by atoms with van der Waals surface area (Å²) in [4.78, 5) is 2.38. The van der Waals surface area contributed by atoms with Crippen LogP contribution in [0.2, 0.25) is 0 Å². The lowest BCUT2D eigenvalue weighted by Crippen LogP contribution is -2.21. The van der Waals surface area contributed by atoms with E-state index >= 15 is 0 Å². The third-order valence-corrected chi connectivity index (χ3v) is 5.65. The lowest BCUT2D eigenvalue weighted by atomic mass is 10.0. The number of hydrogen-bond acceptors (Lipinski definition) is 1. The minimum absolute atomic E-state index is 1.04. The van der Waals surface area contributed by atoms with E-state index in [1.807, 2.05) is 0 Å². The van der Waals surface area contributed by atoms with Gasteiger partial charge in [0.05, 0.1) is 0 Å². The van der Waals surface area contributed by atoms with Crippen LogP contribution >= 0.6 is 0 Å². The van der Waals surface area contributed by atoms with Gasteiger partial charge in [-0.25, -0.2) is 0 Å². The molecule has 0 N–H and O–H groups in total. The Labute approximate surface area is 182 Å². The Morgan fingerprint density at radius 1 is 0.600 bits per heavy atom. The van der Waals surface area contributed by atoms with Gasteiger partial charge in [-0.05, 0) is 80.1 Å². The van der Waals surface area contributed by atoms with Crippen molar-refractivity contribution in [2.45, 2.75) is 34.6 Å². The van der Waals surface area contributed by atoms with Crippen LogP contribution in [0.25, 0.3) is 24.3 Å². The highest BCUT2D eigenvalue weighted by Crippen LogP contribution is 2.21. The fraction of sp³-hybridized carbons (Fsp3) is 0.241. The van der Waals surface area contributed by atoms with Crippen molar-refractivity contribution in [2.24, 2.45) is 0 Å². The van der Waals surface area contributed by atoms with Crippen molar-refractivity contribution in [3.63, 3.8) is 0 Å². The van der Waals surface area contributed by atoms with Gasteiger partial charge in [-0.1, -0.05) is 78.4 Å². The third kappa shape index (κ3) is 5.51. The molecule has 0 bridgehead atoms. The van der Waals surface area contributed by atoms with E-state index < -0.39 is 0 Å². The molecule has 3 rings (SSSR count). The molecule has 3 aromatic carbocycles. The molecule has 3 aromatic rings. The standard InChI is InChI=1S/C29H33N/c1-6-30(7-2)29-19-18-28(24(5)21-29)17-14-26-11-9-25(10-12-26)13-16-27-15-8-22(3)20-23(27)4/h8-21H,6-7H2,1-5H3. The van der Waals surface area contributed by atoms with Crippen LogP contribution < -0.4 is 4.90 Å². The second kappa shape index (κ2) is 10.1. The molecular formula is C29H33N. The first-order valence-electron chi connectivity index (χ1n) is 10.9. The predicted molar refractivity (Wildman–Crippen MR) is 135 cm³/mol. The van der Waals surface area contributed by atoms with Crippen LogP contribution in [0.4, 0.5) is 5.69 Å². The minimum atomic E-state index is 1.04. The van der Waals surface area contributed by atoms with E-state index in [0.717, 1.165) is 13.1 Å². The van der Waals surface area contributed by atoms with E-state index in [-0.39, 0.29) is 0 Å². The highest BCUT2D eigenvalue weighted by atomic mass is 15.1. The topological polar surface area (TPSA) is 3.24 Å². The van der Waals surface area contributed by atoms with E-state index in [2.05, 4.69) is 124 Å². The molecule has 0 aliphatic carbocycles.